The molecule has 3 heterocycles. The van der Waals surface area contributed by atoms with Gasteiger partial charge in [-0.3, -0.25) is 15.1 Å². The highest BCUT2D eigenvalue weighted by molar-refractivity contribution is 5.78. The molecule has 0 bridgehead atoms. The van der Waals surface area contributed by atoms with Crippen molar-refractivity contribution >= 4 is 10.9 Å². The lowest BCUT2D eigenvalue weighted by Gasteiger charge is -2.22. The zero-order valence-corrected chi connectivity index (χ0v) is 11.1. The van der Waals surface area contributed by atoms with E-state index in [0.29, 0.717) is 6.04 Å². The van der Waals surface area contributed by atoms with Gasteiger partial charge >= 0.3 is 0 Å². The highest BCUT2D eigenvalue weighted by Crippen LogP contribution is 2.31. The second kappa shape index (κ2) is 4.72. The average molecular weight is 268 g/mol. The maximum atomic E-state index is 4.31. The van der Waals surface area contributed by atoms with Gasteiger partial charge in [-0.25, -0.2) is 4.98 Å². The van der Waals surface area contributed by atoms with Crippen LogP contribution in [-0.2, 0) is 6.54 Å². The Labute approximate surface area is 116 Å². The molecule has 0 spiro atoms. The third-order valence-corrected chi connectivity index (χ3v) is 4.00. The van der Waals surface area contributed by atoms with Crippen molar-refractivity contribution in [1.82, 2.24) is 30.3 Å². The normalized spacial score (nSPS) is 19.9. The first-order chi connectivity index (χ1) is 9.90. The summed E-state index contributed by atoms with van der Waals surface area (Å²) in [5.74, 6) is 0.977. The van der Waals surface area contributed by atoms with Crippen LogP contribution in [0.2, 0.25) is 0 Å². The molecule has 0 unspecified atom stereocenters. The number of nitrogens with zero attached hydrogens (tertiary/aromatic N) is 4. The number of hydrogen-bond donors (Lipinski definition) is 2. The second-order valence-electron chi connectivity index (χ2n) is 5.29. The molecule has 2 aromatic heterocycles. The van der Waals surface area contributed by atoms with Crippen LogP contribution < -0.4 is 0 Å². The van der Waals surface area contributed by atoms with Gasteiger partial charge in [-0.2, -0.15) is 10.2 Å². The minimum atomic E-state index is 0.356. The molecule has 1 aromatic carbocycles. The van der Waals surface area contributed by atoms with Crippen molar-refractivity contribution in [3.05, 3.63) is 42.1 Å². The fourth-order valence-corrected chi connectivity index (χ4v) is 3.02. The lowest BCUT2D eigenvalue weighted by molar-refractivity contribution is 0.240. The topological polar surface area (TPSA) is 73.5 Å². The molecule has 6 nitrogen and oxygen atoms in total. The Kier molecular flexibility index (Phi) is 2.74. The van der Waals surface area contributed by atoms with Crippen molar-refractivity contribution in [2.75, 3.05) is 6.54 Å². The lowest BCUT2D eigenvalue weighted by Crippen LogP contribution is -2.23. The van der Waals surface area contributed by atoms with Crippen LogP contribution in [0, 0.1) is 0 Å². The predicted octanol–water partition coefficient (Wildman–Crippen LogP) is 2.02. The van der Waals surface area contributed by atoms with E-state index < -0.39 is 0 Å². The molecule has 2 N–H and O–H groups in total. The largest absolute Gasteiger partial charge is 0.289 e. The number of likely N-dealkylation sites (tertiary alicyclic amines) is 1. The molecule has 1 fully saturated rings. The Hall–Kier alpha value is -2.21. The molecule has 1 aliphatic rings. The van der Waals surface area contributed by atoms with E-state index in [1.807, 2.05) is 6.20 Å². The van der Waals surface area contributed by atoms with Crippen LogP contribution in [0.3, 0.4) is 0 Å². The third-order valence-electron chi connectivity index (χ3n) is 4.00. The van der Waals surface area contributed by atoms with Crippen molar-refractivity contribution in [1.29, 1.82) is 0 Å². The molecule has 0 amide bonds. The molecule has 1 atom stereocenters. The Bertz CT molecular complexity index is 701. The molecule has 0 radical (unpaired) electrons. The van der Waals surface area contributed by atoms with Gasteiger partial charge in [0.25, 0.3) is 0 Å². The number of benzene rings is 1. The average Bonchev–Trinajstić information content (AvgIpc) is 3.19. The van der Waals surface area contributed by atoms with Gasteiger partial charge in [0.15, 0.2) is 0 Å². The highest BCUT2D eigenvalue weighted by atomic mass is 15.3. The summed E-state index contributed by atoms with van der Waals surface area (Å²) < 4.78 is 0. The summed E-state index contributed by atoms with van der Waals surface area (Å²) in [7, 11) is 0. The van der Waals surface area contributed by atoms with Gasteiger partial charge in [0.1, 0.15) is 12.2 Å². The van der Waals surface area contributed by atoms with Crippen molar-refractivity contribution in [2.24, 2.45) is 0 Å². The first kappa shape index (κ1) is 11.6. The SMILES string of the molecule is c1n[nH]c([C@@H]2CCCN2Cc2ccc3cn[nH]c3c2)n1. The summed E-state index contributed by atoms with van der Waals surface area (Å²) in [6, 6.07) is 6.83. The smallest absolute Gasteiger partial charge is 0.141 e. The van der Waals surface area contributed by atoms with E-state index >= 15 is 0 Å². The van der Waals surface area contributed by atoms with Crippen LogP contribution in [0.1, 0.15) is 30.3 Å². The number of nitrogens with one attached hydrogen (secondary N) is 2. The maximum Gasteiger partial charge on any atom is 0.141 e. The van der Waals surface area contributed by atoms with E-state index in [4.69, 9.17) is 0 Å². The molecule has 1 aliphatic heterocycles. The van der Waals surface area contributed by atoms with Crippen LogP contribution in [-0.4, -0.2) is 36.8 Å². The van der Waals surface area contributed by atoms with E-state index in [2.05, 4.69) is 48.5 Å². The van der Waals surface area contributed by atoms with Gasteiger partial charge in [-0.1, -0.05) is 12.1 Å². The number of rotatable bonds is 3. The fraction of sp³-hybridized carbons (Fsp3) is 0.357. The monoisotopic (exact) mass is 268 g/mol. The van der Waals surface area contributed by atoms with Crippen LogP contribution in [0.5, 0.6) is 0 Å². The lowest BCUT2D eigenvalue weighted by atomic mass is 10.1. The summed E-state index contributed by atoms with van der Waals surface area (Å²) in [5.41, 5.74) is 2.39. The predicted molar refractivity (Wildman–Crippen MR) is 74.9 cm³/mol. The van der Waals surface area contributed by atoms with Crippen molar-refractivity contribution < 1.29 is 0 Å². The Morgan fingerprint density at radius 1 is 1.25 bits per heavy atom. The molecule has 6 heteroatoms. The number of aromatic nitrogens is 5. The zero-order valence-electron chi connectivity index (χ0n) is 11.1. The summed E-state index contributed by atoms with van der Waals surface area (Å²) in [5, 5.41) is 15.2. The molecule has 4 rings (SSSR count). The maximum absolute atomic E-state index is 4.31. The van der Waals surface area contributed by atoms with Gasteiger partial charge in [0, 0.05) is 11.9 Å². The van der Waals surface area contributed by atoms with Crippen molar-refractivity contribution in [2.45, 2.75) is 25.4 Å². The van der Waals surface area contributed by atoms with Gasteiger partial charge < -0.3 is 0 Å². The van der Waals surface area contributed by atoms with Gasteiger partial charge in [-0.15, -0.1) is 0 Å². The number of fused-ring (bicyclic) bond motifs is 1. The molecule has 0 aliphatic carbocycles. The molecule has 1 saturated heterocycles. The summed E-state index contributed by atoms with van der Waals surface area (Å²) in [6.07, 6.45) is 5.79. The molecule has 0 saturated carbocycles. The van der Waals surface area contributed by atoms with Gasteiger partial charge in [-0.05, 0) is 31.0 Å². The van der Waals surface area contributed by atoms with E-state index in [9.17, 15) is 0 Å². The highest BCUT2D eigenvalue weighted by Gasteiger charge is 2.27. The quantitative estimate of drug-likeness (QED) is 0.762. The first-order valence-corrected chi connectivity index (χ1v) is 6.91. The number of H-pyrrole nitrogens is 2. The standard InChI is InChI=1S/C14H16N6/c1-2-13(14-15-9-17-19-14)20(5-1)8-10-3-4-11-7-16-18-12(11)6-10/h3-4,6-7,9,13H,1-2,5,8H2,(H,16,18)(H,15,17,19)/t13-/m0/s1. The number of aromatic amines is 2. The third kappa shape index (κ3) is 1.98. The minimum Gasteiger partial charge on any atom is -0.289 e. The Morgan fingerprint density at radius 3 is 3.15 bits per heavy atom. The summed E-state index contributed by atoms with van der Waals surface area (Å²) in [6.45, 7) is 2.03. The van der Waals surface area contributed by atoms with Gasteiger partial charge in [0.05, 0.1) is 17.8 Å². The van der Waals surface area contributed by atoms with E-state index in [1.165, 1.54) is 12.0 Å². The van der Waals surface area contributed by atoms with Crippen LogP contribution in [0.4, 0.5) is 0 Å². The Balaban J connectivity index is 1.58. The molecule has 20 heavy (non-hydrogen) atoms. The second-order valence-corrected chi connectivity index (χ2v) is 5.29. The molecule has 3 aromatic rings. The zero-order chi connectivity index (χ0) is 13.4. The van der Waals surface area contributed by atoms with E-state index in [0.717, 1.165) is 36.2 Å². The summed E-state index contributed by atoms with van der Waals surface area (Å²) in [4.78, 5) is 6.76. The first-order valence-electron chi connectivity index (χ1n) is 6.91. The van der Waals surface area contributed by atoms with Crippen LogP contribution in [0.15, 0.2) is 30.7 Å². The van der Waals surface area contributed by atoms with Crippen LogP contribution in [0.25, 0.3) is 10.9 Å². The number of hydrogen-bond acceptors (Lipinski definition) is 4. The summed E-state index contributed by atoms with van der Waals surface area (Å²) >= 11 is 0. The van der Waals surface area contributed by atoms with Crippen molar-refractivity contribution in [3.8, 4) is 0 Å². The molecular formula is C14H16N6. The molecular weight excluding hydrogens is 252 g/mol. The Morgan fingerprint density at radius 2 is 2.25 bits per heavy atom. The van der Waals surface area contributed by atoms with E-state index in [-0.39, 0.29) is 0 Å². The van der Waals surface area contributed by atoms with Gasteiger partial charge in [0.2, 0.25) is 0 Å². The molecule has 102 valence electrons. The van der Waals surface area contributed by atoms with Crippen molar-refractivity contribution in [3.63, 3.8) is 0 Å². The fourth-order valence-electron chi connectivity index (χ4n) is 3.02. The van der Waals surface area contributed by atoms with E-state index in [1.54, 1.807) is 6.33 Å². The minimum absolute atomic E-state index is 0.356. The van der Waals surface area contributed by atoms with Crippen LogP contribution >= 0.6 is 0 Å².